The van der Waals surface area contributed by atoms with Crippen molar-refractivity contribution in [1.82, 2.24) is 4.90 Å². The van der Waals surface area contributed by atoms with Crippen molar-refractivity contribution in [3.63, 3.8) is 0 Å². The number of carbonyl (C=O) groups is 1. The summed E-state index contributed by atoms with van der Waals surface area (Å²) in [6.45, 7) is 1.29. The number of halogens is 2. The Balaban J connectivity index is 2.35. The molecule has 0 aliphatic heterocycles. The number of benzene rings is 2. The second kappa shape index (κ2) is 9.03. The molecule has 144 valence electrons. The predicted molar refractivity (Wildman–Crippen MR) is 109 cm³/mol. The van der Waals surface area contributed by atoms with E-state index in [4.69, 9.17) is 23.2 Å². The number of carbonyl (C=O) groups excluding carboxylic acids is 1. The first kappa shape index (κ1) is 21.0. The molecule has 0 saturated heterocycles. The molecule has 27 heavy (non-hydrogen) atoms. The number of hydrogen-bond donors (Lipinski definition) is 1. The Morgan fingerprint density at radius 1 is 1.11 bits per heavy atom. The van der Waals surface area contributed by atoms with Crippen molar-refractivity contribution in [2.24, 2.45) is 0 Å². The van der Waals surface area contributed by atoms with Gasteiger partial charge >= 0.3 is 5.69 Å². The highest BCUT2D eigenvalue weighted by Crippen LogP contribution is 2.32. The zero-order valence-electron chi connectivity index (χ0n) is 15.2. The summed E-state index contributed by atoms with van der Waals surface area (Å²) in [5.41, 5.74) is 0.510. The second-order valence-electron chi connectivity index (χ2n) is 6.24. The van der Waals surface area contributed by atoms with E-state index in [1.807, 2.05) is 19.0 Å². The first-order valence-electron chi connectivity index (χ1n) is 8.10. The number of anilines is 2. The van der Waals surface area contributed by atoms with Crippen LogP contribution in [0.1, 0.15) is 10.4 Å². The minimum atomic E-state index is -0.594. The van der Waals surface area contributed by atoms with Crippen molar-refractivity contribution >= 4 is 46.2 Å². The maximum atomic E-state index is 12.7. The van der Waals surface area contributed by atoms with E-state index >= 15 is 0 Å². The lowest BCUT2D eigenvalue weighted by Gasteiger charge is -2.22. The van der Waals surface area contributed by atoms with E-state index in [9.17, 15) is 14.9 Å². The Labute approximate surface area is 167 Å². The molecule has 0 aliphatic rings. The molecular formula is C18H20Cl2N4O3. The van der Waals surface area contributed by atoms with E-state index in [1.54, 1.807) is 36.2 Å². The van der Waals surface area contributed by atoms with Crippen LogP contribution >= 0.6 is 23.2 Å². The number of rotatable bonds is 7. The summed E-state index contributed by atoms with van der Waals surface area (Å²) in [4.78, 5) is 27.5. The van der Waals surface area contributed by atoms with Crippen molar-refractivity contribution in [1.29, 1.82) is 0 Å². The van der Waals surface area contributed by atoms with Gasteiger partial charge in [0.25, 0.3) is 5.91 Å². The third-order valence-electron chi connectivity index (χ3n) is 3.91. The normalized spacial score (nSPS) is 10.7. The van der Waals surface area contributed by atoms with Crippen LogP contribution in [0.25, 0.3) is 0 Å². The van der Waals surface area contributed by atoms with E-state index < -0.39 is 10.8 Å². The van der Waals surface area contributed by atoms with Crippen LogP contribution in [0.5, 0.6) is 0 Å². The van der Waals surface area contributed by atoms with Crippen LogP contribution in [0.4, 0.5) is 17.1 Å². The highest BCUT2D eigenvalue weighted by molar-refractivity contribution is 6.42. The van der Waals surface area contributed by atoms with Gasteiger partial charge in [0.15, 0.2) is 0 Å². The summed E-state index contributed by atoms with van der Waals surface area (Å²) in [6, 6.07) is 9.28. The first-order valence-corrected chi connectivity index (χ1v) is 8.86. The minimum absolute atomic E-state index is 0.0275. The Bertz CT molecular complexity index is 858. The van der Waals surface area contributed by atoms with Gasteiger partial charge in [-0.15, -0.1) is 0 Å². The Morgan fingerprint density at radius 2 is 1.81 bits per heavy atom. The molecule has 1 N–H and O–H groups in total. The fraction of sp³-hybridized carbons (Fsp3) is 0.278. The maximum absolute atomic E-state index is 12.7. The van der Waals surface area contributed by atoms with Gasteiger partial charge in [0.2, 0.25) is 0 Å². The molecule has 0 fully saturated rings. The Kier molecular flexibility index (Phi) is 7.01. The summed E-state index contributed by atoms with van der Waals surface area (Å²) in [6.07, 6.45) is 0. The van der Waals surface area contributed by atoms with Crippen LogP contribution in [0.15, 0.2) is 36.4 Å². The highest BCUT2D eigenvalue weighted by Gasteiger charge is 2.26. The zero-order chi connectivity index (χ0) is 20.1. The molecule has 1 amide bonds. The standard InChI is InChI=1S/C18H20Cl2N4O3/c1-22(2)9-10-23(3)16-6-4-5-13(17(16)24(26)27)18(25)21-12-7-8-14(19)15(20)11-12/h4-8,11H,9-10H2,1-3H3,(H,21,25). The average Bonchev–Trinajstić information content (AvgIpc) is 2.61. The molecule has 0 aromatic heterocycles. The van der Waals surface area contributed by atoms with E-state index in [2.05, 4.69) is 5.32 Å². The minimum Gasteiger partial charge on any atom is -0.368 e. The molecule has 0 bridgehead atoms. The Morgan fingerprint density at radius 3 is 2.41 bits per heavy atom. The van der Waals surface area contributed by atoms with Gasteiger partial charge in [-0.3, -0.25) is 14.9 Å². The van der Waals surface area contributed by atoms with E-state index in [1.165, 1.54) is 12.1 Å². The van der Waals surface area contributed by atoms with Gasteiger partial charge in [0, 0.05) is 25.8 Å². The SMILES string of the molecule is CN(C)CCN(C)c1cccc(C(=O)Nc2ccc(Cl)c(Cl)c2)c1[N+](=O)[O-]. The fourth-order valence-electron chi connectivity index (χ4n) is 2.46. The number of nitrogens with zero attached hydrogens (tertiary/aromatic N) is 3. The summed E-state index contributed by atoms with van der Waals surface area (Å²) in [7, 11) is 5.60. The molecule has 9 heteroatoms. The number of nitro groups is 1. The molecule has 0 spiro atoms. The van der Waals surface area contributed by atoms with Gasteiger partial charge in [0.05, 0.1) is 15.0 Å². The summed E-state index contributed by atoms with van der Waals surface area (Å²) < 4.78 is 0. The third-order valence-corrected chi connectivity index (χ3v) is 4.65. The van der Waals surface area contributed by atoms with Crippen molar-refractivity contribution in [3.05, 3.63) is 62.1 Å². The molecule has 2 aromatic rings. The van der Waals surface area contributed by atoms with Crippen LogP contribution in [-0.2, 0) is 0 Å². The van der Waals surface area contributed by atoms with Crippen molar-refractivity contribution in [2.75, 3.05) is 44.4 Å². The average molecular weight is 411 g/mol. The first-order chi connectivity index (χ1) is 12.7. The lowest BCUT2D eigenvalue weighted by atomic mass is 10.1. The molecular weight excluding hydrogens is 391 g/mol. The fourth-order valence-corrected chi connectivity index (χ4v) is 2.76. The van der Waals surface area contributed by atoms with Crippen LogP contribution < -0.4 is 10.2 Å². The summed E-state index contributed by atoms with van der Waals surface area (Å²) in [5.74, 6) is -0.594. The molecule has 0 radical (unpaired) electrons. The molecule has 7 nitrogen and oxygen atoms in total. The molecule has 2 rings (SSSR count). The zero-order valence-corrected chi connectivity index (χ0v) is 16.7. The van der Waals surface area contributed by atoms with E-state index in [-0.39, 0.29) is 16.3 Å². The van der Waals surface area contributed by atoms with Gasteiger partial charge < -0.3 is 15.1 Å². The van der Waals surface area contributed by atoms with Gasteiger partial charge in [-0.05, 0) is 44.4 Å². The second-order valence-corrected chi connectivity index (χ2v) is 7.05. The van der Waals surface area contributed by atoms with Crippen molar-refractivity contribution < 1.29 is 9.72 Å². The monoisotopic (exact) mass is 410 g/mol. The van der Waals surface area contributed by atoms with Gasteiger partial charge in [-0.1, -0.05) is 29.3 Å². The highest BCUT2D eigenvalue weighted by atomic mass is 35.5. The van der Waals surface area contributed by atoms with Gasteiger partial charge in [-0.25, -0.2) is 0 Å². The van der Waals surface area contributed by atoms with Crippen molar-refractivity contribution in [3.8, 4) is 0 Å². The number of nitro benzene ring substituents is 1. The maximum Gasteiger partial charge on any atom is 0.305 e. The molecule has 0 aliphatic carbocycles. The molecule has 0 unspecified atom stereocenters. The van der Waals surface area contributed by atoms with Crippen LogP contribution in [0.2, 0.25) is 10.0 Å². The smallest absolute Gasteiger partial charge is 0.305 e. The lowest BCUT2D eigenvalue weighted by Crippen LogP contribution is -2.29. The van der Waals surface area contributed by atoms with E-state index in [0.29, 0.717) is 29.5 Å². The number of hydrogen-bond acceptors (Lipinski definition) is 5. The summed E-state index contributed by atoms with van der Waals surface area (Å²) >= 11 is 11.8. The third kappa shape index (κ3) is 5.32. The number of likely N-dealkylation sites (N-methyl/N-ethyl adjacent to an activating group) is 2. The number of amides is 1. The molecule has 0 atom stereocenters. The van der Waals surface area contributed by atoms with Gasteiger partial charge in [0.1, 0.15) is 11.3 Å². The van der Waals surface area contributed by atoms with Crippen LogP contribution in [0.3, 0.4) is 0 Å². The predicted octanol–water partition coefficient (Wildman–Crippen LogP) is 4.15. The largest absolute Gasteiger partial charge is 0.368 e. The quantitative estimate of drug-likeness (QED) is 0.547. The van der Waals surface area contributed by atoms with Crippen LogP contribution in [-0.4, -0.2) is 50.0 Å². The molecule has 0 heterocycles. The molecule has 0 saturated carbocycles. The number of para-hydroxylation sites is 1. The summed E-state index contributed by atoms with van der Waals surface area (Å²) in [5, 5.41) is 14.9. The Hall–Kier alpha value is -2.35. The molecule has 2 aromatic carbocycles. The van der Waals surface area contributed by atoms with Gasteiger partial charge in [-0.2, -0.15) is 0 Å². The number of nitrogens with one attached hydrogen (secondary N) is 1. The lowest BCUT2D eigenvalue weighted by molar-refractivity contribution is -0.384. The van der Waals surface area contributed by atoms with Crippen LogP contribution in [0, 0.1) is 10.1 Å². The van der Waals surface area contributed by atoms with E-state index in [0.717, 1.165) is 0 Å². The van der Waals surface area contributed by atoms with Crippen molar-refractivity contribution in [2.45, 2.75) is 0 Å². The topological polar surface area (TPSA) is 78.7 Å².